The zero-order valence-corrected chi connectivity index (χ0v) is 10.2. The molecule has 0 aliphatic heterocycles. The maximum atomic E-state index is 7.37. The molecule has 0 aliphatic carbocycles. The van der Waals surface area contributed by atoms with Gasteiger partial charge in [0, 0.05) is 5.69 Å². The lowest BCUT2D eigenvalue weighted by molar-refractivity contribution is 0.788. The van der Waals surface area contributed by atoms with Gasteiger partial charge in [-0.05, 0) is 19.9 Å². The van der Waals surface area contributed by atoms with Crippen molar-refractivity contribution in [1.82, 2.24) is 19.7 Å². The molecule has 0 saturated carbocycles. The Bertz CT molecular complexity index is 569. The average molecular weight is 251 g/mol. The summed E-state index contributed by atoms with van der Waals surface area (Å²) in [6, 6.07) is 1.64. The summed E-state index contributed by atoms with van der Waals surface area (Å²) >= 11 is 5.92. The predicted octanol–water partition coefficient (Wildman–Crippen LogP) is 1.22. The second-order valence-electron chi connectivity index (χ2n) is 3.62. The van der Waals surface area contributed by atoms with Crippen LogP contribution >= 0.6 is 11.6 Å². The second-order valence-corrected chi connectivity index (χ2v) is 4.02. The molecular formula is C10H11ClN6. The van der Waals surface area contributed by atoms with E-state index in [9.17, 15) is 0 Å². The van der Waals surface area contributed by atoms with Crippen molar-refractivity contribution in [3.63, 3.8) is 0 Å². The first-order valence-electron chi connectivity index (χ1n) is 4.89. The molecule has 0 atom stereocenters. The molecule has 0 amide bonds. The lowest BCUT2D eigenvalue weighted by atomic mass is 10.3. The largest absolute Gasteiger partial charge is 0.382 e. The second kappa shape index (κ2) is 4.14. The molecule has 6 nitrogen and oxygen atoms in total. The number of aryl methyl sites for hydroxylation is 2. The molecular weight excluding hydrogens is 240 g/mol. The van der Waals surface area contributed by atoms with E-state index in [0.29, 0.717) is 28.1 Å². The van der Waals surface area contributed by atoms with Crippen LogP contribution in [-0.2, 0) is 0 Å². The van der Waals surface area contributed by atoms with Crippen LogP contribution in [0.2, 0.25) is 5.02 Å². The lowest BCUT2D eigenvalue weighted by Gasteiger charge is -2.04. The molecule has 0 saturated heterocycles. The maximum Gasteiger partial charge on any atom is 0.251 e. The molecule has 0 aliphatic rings. The summed E-state index contributed by atoms with van der Waals surface area (Å²) in [6.45, 7) is 3.59. The molecule has 2 aromatic heterocycles. The summed E-state index contributed by atoms with van der Waals surface area (Å²) in [5, 5.41) is 12.1. The first-order chi connectivity index (χ1) is 7.97. The van der Waals surface area contributed by atoms with Crippen LogP contribution in [0.15, 0.2) is 12.3 Å². The Morgan fingerprint density at radius 1 is 1.41 bits per heavy atom. The molecule has 0 aromatic carbocycles. The number of halogens is 1. The summed E-state index contributed by atoms with van der Waals surface area (Å²) in [4.78, 5) is 8.36. The normalized spacial score (nSPS) is 10.5. The molecule has 2 heterocycles. The SMILES string of the molecule is Cc1cc(C(=N)N)nc(-n2cc(Cl)c(C)n2)n1. The Labute approximate surface area is 103 Å². The van der Waals surface area contributed by atoms with Crippen LogP contribution in [0, 0.1) is 19.3 Å². The fourth-order valence-corrected chi connectivity index (χ4v) is 1.47. The highest BCUT2D eigenvalue weighted by Gasteiger charge is 2.09. The minimum atomic E-state index is -0.105. The monoisotopic (exact) mass is 250 g/mol. The summed E-state index contributed by atoms with van der Waals surface area (Å²) in [5.74, 6) is 0.247. The van der Waals surface area contributed by atoms with E-state index in [4.69, 9.17) is 22.7 Å². The van der Waals surface area contributed by atoms with Gasteiger partial charge in [-0.3, -0.25) is 5.41 Å². The van der Waals surface area contributed by atoms with Crippen molar-refractivity contribution in [1.29, 1.82) is 5.41 Å². The van der Waals surface area contributed by atoms with Gasteiger partial charge in [-0.25, -0.2) is 14.6 Å². The van der Waals surface area contributed by atoms with Gasteiger partial charge in [0.15, 0.2) is 0 Å². The van der Waals surface area contributed by atoms with E-state index in [1.165, 1.54) is 4.68 Å². The zero-order valence-electron chi connectivity index (χ0n) is 9.40. The fourth-order valence-electron chi connectivity index (χ4n) is 1.33. The quantitative estimate of drug-likeness (QED) is 0.619. The number of hydrogen-bond donors (Lipinski definition) is 2. The van der Waals surface area contributed by atoms with Crippen molar-refractivity contribution in [2.24, 2.45) is 5.73 Å². The van der Waals surface area contributed by atoms with Gasteiger partial charge >= 0.3 is 0 Å². The van der Waals surface area contributed by atoms with Crippen molar-refractivity contribution in [3.05, 3.63) is 34.4 Å². The van der Waals surface area contributed by atoms with Crippen molar-refractivity contribution in [2.75, 3.05) is 0 Å². The number of nitrogens with two attached hydrogens (primary N) is 1. The highest BCUT2D eigenvalue weighted by Crippen LogP contribution is 2.14. The maximum absolute atomic E-state index is 7.37. The standard InChI is InChI=1S/C10H11ClN6/c1-5-3-8(9(12)13)15-10(14-5)17-4-7(11)6(2)16-17/h3-4H,1-2H3,(H3,12,13). The Morgan fingerprint density at radius 3 is 2.65 bits per heavy atom. The predicted molar refractivity (Wildman–Crippen MR) is 64.7 cm³/mol. The van der Waals surface area contributed by atoms with E-state index in [2.05, 4.69) is 15.1 Å². The van der Waals surface area contributed by atoms with E-state index in [0.717, 1.165) is 0 Å². The van der Waals surface area contributed by atoms with Gasteiger partial charge in [0.2, 0.25) is 0 Å². The van der Waals surface area contributed by atoms with Crippen molar-refractivity contribution in [3.8, 4) is 5.95 Å². The highest BCUT2D eigenvalue weighted by atomic mass is 35.5. The molecule has 17 heavy (non-hydrogen) atoms. The molecule has 2 aromatic rings. The summed E-state index contributed by atoms with van der Waals surface area (Å²) in [6.07, 6.45) is 1.62. The van der Waals surface area contributed by atoms with E-state index < -0.39 is 0 Å². The van der Waals surface area contributed by atoms with Crippen LogP contribution in [0.1, 0.15) is 17.1 Å². The summed E-state index contributed by atoms with van der Waals surface area (Å²) in [5.41, 5.74) is 7.18. The third kappa shape index (κ3) is 2.26. The molecule has 7 heteroatoms. The minimum absolute atomic E-state index is 0.105. The smallest absolute Gasteiger partial charge is 0.251 e. The molecule has 0 bridgehead atoms. The molecule has 0 fully saturated rings. The van der Waals surface area contributed by atoms with Gasteiger partial charge in [-0.15, -0.1) is 0 Å². The van der Waals surface area contributed by atoms with E-state index >= 15 is 0 Å². The average Bonchev–Trinajstić information content (AvgIpc) is 2.58. The van der Waals surface area contributed by atoms with Gasteiger partial charge < -0.3 is 5.73 Å². The van der Waals surface area contributed by atoms with Crippen LogP contribution in [-0.4, -0.2) is 25.6 Å². The van der Waals surface area contributed by atoms with Crippen LogP contribution < -0.4 is 5.73 Å². The van der Waals surface area contributed by atoms with Crippen LogP contribution in [0.3, 0.4) is 0 Å². The minimum Gasteiger partial charge on any atom is -0.382 e. The van der Waals surface area contributed by atoms with Crippen molar-refractivity contribution < 1.29 is 0 Å². The number of rotatable bonds is 2. The fraction of sp³-hybridized carbons (Fsp3) is 0.200. The molecule has 0 spiro atoms. The van der Waals surface area contributed by atoms with Gasteiger partial charge in [-0.1, -0.05) is 11.6 Å². The van der Waals surface area contributed by atoms with E-state index in [1.54, 1.807) is 26.1 Å². The van der Waals surface area contributed by atoms with Gasteiger partial charge in [0.25, 0.3) is 5.95 Å². The van der Waals surface area contributed by atoms with Crippen molar-refractivity contribution in [2.45, 2.75) is 13.8 Å². The molecule has 3 N–H and O–H groups in total. The van der Waals surface area contributed by atoms with E-state index in [-0.39, 0.29) is 5.84 Å². The summed E-state index contributed by atoms with van der Waals surface area (Å²) < 4.78 is 1.47. The van der Waals surface area contributed by atoms with Crippen LogP contribution in [0.5, 0.6) is 0 Å². The van der Waals surface area contributed by atoms with Crippen LogP contribution in [0.4, 0.5) is 0 Å². The molecule has 0 unspecified atom stereocenters. The van der Waals surface area contributed by atoms with Crippen LogP contribution in [0.25, 0.3) is 5.95 Å². The molecule has 88 valence electrons. The Morgan fingerprint density at radius 2 is 2.12 bits per heavy atom. The Balaban J connectivity index is 2.55. The molecule has 2 rings (SSSR count). The molecule has 0 radical (unpaired) electrons. The Hall–Kier alpha value is -1.95. The first-order valence-corrected chi connectivity index (χ1v) is 5.27. The topological polar surface area (TPSA) is 93.5 Å². The van der Waals surface area contributed by atoms with Gasteiger partial charge in [0.1, 0.15) is 11.5 Å². The summed E-state index contributed by atoms with van der Waals surface area (Å²) in [7, 11) is 0. The highest BCUT2D eigenvalue weighted by molar-refractivity contribution is 6.31. The van der Waals surface area contributed by atoms with E-state index in [1.807, 2.05) is 0 Å². The number of nitrogen functional groups attached to an aromatic ring is 1. The number of amidine groups is 1. The first kappa shape index (κ1) is 11.5. The van der Waals surface area contributed by atoms with Gasteiger partial charge in [-0.2, -0.15) is 5.10 Å². The third-order valence-electron chi connectivity index (χ3n) is 2.16. The number of hydrogen-bond acceptors (Lipinski definition) is 4. The number of nitrogens with zero attached hydrogens (tertiary/aromatic N) is 4. The number of nitrogens with one attached hydrogen (secondary N) is 1. The van der Waals surface area contributed by atoms with Gasteiger partial charge in [0.05, 0.1) is 16.9 Å². The number of aromatic nitrogens is 4. The lowest BCUT2D eigenvalue weighted by Crippen LogP contribution is -2.16. The third-order valence-corrected chi connectivity index (χ3v) is 2.53. The van der Waals surface area contributed by atoms with Crippen molar-refractivity contribution >= 4 is 17.4 Å². The zero-order chi connectivity index (χ0) is 12.6. The Kier molecular flexibility index (Phi) is 2.81.